The van der Waals surface area contributed by atoms with Gasteiger partial charge in [0.2, 0.25) is 11.8 Å². The second-order valence-corrected chi connectivity index (χ2v) is 7.48. The SMILES string of the molecule is CC12CCC(=O)N1c1ccccc1C(=O)N2CC(=O)Nc1cccc(C(F)(F)F)c1. The summed E-state index contributed by atoms with van der Waals surface area (Å²) in [5, 5.41) is 2.42. The van der Waals surface area contributed by atoms with Gasteiger partial charge < -0.3 is 10.2 Å². The summed E-state index contributed by atoms with van der Waals surface area (Å²) in [7, 11) is 0. The summed E-state index contributed by atoms with van der Waals surface area (Å²) >= 11 is 0. The number of amides is 3. The normalized spacial score (nSPS) is 20.8. The van der Waals surface area contributed by atoms with Gasteiger partial charge >= 0.3 is 6.18 Å². The molecule has 1 N–H and O–H groups in total. The van der Waals surface area contributed by atoms with Gasteiger partial charge in [-0.25, -0.2) is 0 Å². The van der Waals surface area contributed by atoms with Crippen molar-refractivity contribution in [3.8, 4) is 0 Å². The molecule has 0 radical (unpaired) electrons. The van der Waals surface area contributed by atoms with E-state index in [2.05, 4.69) is 5.32 Å². The van der Waals surface area contributed by atoms with Crippen LogP contribution in [-0.2, 0) is 15.8 Å². The molecule has 0 spiro atoms. The highest BCUT2D eigenvalue weighted by Gasteiger charge is 2.53. The Hall–Kier alpha value is -3.36. The lowest BCUT2D eigenvalue weighted by atomic mass is 9.98. The molecule has 2 aromatic rings. The summed E-state index contributed by atoms with van der Waals surface area (Å²) < 4.78 is 38.7. The molecular formula is C21H18F3N3O3. The molecule has 6 nitrogen and oxygen atoms in total. The smallest absolute Gasteiger partial charge is 0.325 e. The molecule has 2 aliphatic rings. The number of nitrogens with one attached hydrogen (secondary N) is 1. The molecule has 2 aromatic carbocycles. The number of hydrogen-bond acceptors (Lipinski definition) is 3. The molecular weight excluding hydrogens is 399 g/mol. The number of carbonyl (C=O) groups is 3. The Morgan fingerprint density at radius 3 is 2.60 bits per heavy atom. The number of carbonyl (C=O) groups excluding carboxylic acids is 3. The Bertz CT molecular complexity index is 1050. The summed E-state index contributed by atoms with van der Waals surface area (Å²) in [6.45, 7) is 1.31. The van der Waals surface area contributed by atoms with E-state index in [9.17, 15) is 27.6 Å². The molecule has 0 saturated carbocycles. The summed E-state index contributed by atoms with van der Waals surface area (Å²) in [6.07, 6.45) is -3.96. The summed E-state index contributed by atoms with van der Waals surface area (Å²) in [4.78, 5) is 41.1. The Balaban J connectivity index is 1.61. The minimum absolute atomic E-state index is 0.0239. The standard InChI is InChI=1S/C21H18F3N3O3/c1-20-10-9-18(29)27(20)16-8-3-2-7-15(16)19(30)26(20)12-17(28)25-14-6-4-5-13(11-14)21(22,23)24/h2-8,11H,9-10,12H2,1H3,(H,25,28). The molecule has 4 rings (SSSR count). The fraction of sp³-hybridized carbons (Fsp3) is 0.286. The molecule has 0 aromatic heterocycles. The summed E-state index contributed by atoms with van der Waals surface area (Å²) in [6, 6.07) is 10.9. The first-order valence-corrected chi connectivity index (χ1v) is 9.32. The molecule has 9 heteroatoms. The molecule has 0 aliphatic carbocycles. The predicted molar refractivity (Wildman–Crippen MR) is 103 cm³/mol. The lowest BCUT2D eigenvalue weighted by Crippen LogP contribution is -2.63. The third-order valence-corrected chi connectivity index (χ3v) is 5.52. The van der Waals surface area contributed by atoms with E-state index in [1.807, 2.05) is 0 Å². The van der Waals surface area contributed by atoms with Crippen molar-refractivity contribution in [2.24, 2.45) is 0 Å². The van der Waals surface area contributed by atoms with Crippen LogP contribution in [0.1, 0.15) is 35.7 Å². The molecule has 1 unspecified atom stereocenters. The third kappa shape index (κ3) is 3.20. The Kier molecular flexibility index (Phi) is 4.56. The van der Waals surface area contributed by atoms with Crippen molar-refractivity contribution in [2.75, 3.05) is 16.8 Å². The molecule has 156 valence electrons. The Morgan fingerprint density at radius 1 is 1.13 bits per heavy atom. The van der Waals surface area contributed by atoms with Crippen molar-refractivity contribution < 1.29 is 27.6 Å². The van der Waals surface area contributed by atoms with Gasteiger partial charge in [-0.05, 0) is 43.7 Å². The van der Waals surface area contributed by atoms with Gasteiger partial charge in [0.1, 0.15) is 12.2 Å². The van der Waals surface area contributed by atoms with E-state index in [0.717, 1.165) is 12.1 Å². The lowest BCUT2D eigenvalue weighted by molar-refractivity contribution is -0.137. The van der Waals surface area contributed by atoms with E-state index in [-0.39, 0.29) is 18.0 Å². The van der Waals surface area contributed by atoms with Crippen LogP contribution < -0.4 is 10.2 Å². The fourth-order valence-electron chi connectivity index (χ4n) is 4.06. The highest BCUT2D eigenvalue weighted by Crippen LogP contribution is 2.43. The summed E-state index contributed by atoms with van der Waals surface area (Å²) in [5.41, 5.74) is -1.13. The molecule has 1 fully saturated rings. The van der Waals surface area contributed by atoms with Gasteiger partial charge in [-0.3, -0.25) is 19.3 Å². The molecule has 30 heavy (non-hydrogen) atoms. The molecule has 1 atom stereocenters. The Morgan fingerprint density at radius 2 is 1.87 bits per heavy atom. The molecule has 2 aliphatic heterocycles. The van der Waals surface area contributed by atoms with E-state index in [0.29, 0.717) is 17.7 Å². The largest absolute Gasteiger partial charge is 0.416 e. The van der Waals surface area contributed by atoms with Gasteiger partial charge in [-0.15, -0.1) is 0 Å². The van der Waals surface area contributed by atoms with Crippen molar-refractivity contribution in [3.05, 3.63) is 59.7 Å². The second-order valence-electron chi connectivity index (χ2n) is 7.48. The molecule has 2 heterocycles. The van der Waals surface area contributed by atoms with Crippen molar-refractivity contribution in [1.82, 2.24) is 4.90 Å². The predicted octanol–water partition coefficient (Wildman–Crippen LogP) is 3.64. The Labute approximate surface area is 170 Å². The zero-order chi connectivity index (χ0) is 21.7. The average molecular weight is 417 g/mol. The zero-order valence-corrected chi connectivity index (χ0v) is 16.0. The van der Waals surface area contributed by atoms with E-state index in [4.69, 9.17) is 0 Å². The number of hydrogen-bond donors (Lipinski definition) is 1. The van der Waals surface area contributed by atoms with E-state index >= 15 is 0 Å². The highest BCUT2D eigenvalue weighted by atomic mass is 19.4. The second kappa shape index (κ2) is 6.86. The average Bonchev–Trinajstić information content (AvgIpc) is 3.00. The van der Waals surface area contributed by atoms with Crippen LogP contribution in [0.3, 0.4) is 0 Å². The molecule has 0 bridgehead atoms. The topological polar surface area (TPSA) is 69.7 Å². The maximum atomic E-state index is 13.1. The monoisotopic (exact) mass is 417 g/mol. The maximum Gasteiger partial charge on any atom is 0.416 e. The first-order chi connectivity index (χ1) is 14.1. The van der Waals surface area contributed by atoms with E-state index in [1.54, 1.807) is 31.2 Å². The number of rotatable bonds is 3. The van der Waals surface area contributed by atoms with Gasteiger partial charge in [-0.1, -0.05) is 18.2 Å². The minimum atomic E-state index is -4.54. The number of fused-ring (bicyclic) bond motifs is 3. The summed E-state index contributed by atoms with van der Waals surface area (Å²) in [5.74, 6) is -1.21. The number of nitrogens with zero attached hydrogens (tertiary/aromatic N) is 2. The van der Waals surface area contributed by atoms with Crippen LogP contribution in [-0.4, -0.2) is 34.8 Å². The van der Waals surface area contributed by atoms with Gasteiger partial charge in [0, 0.05) is 12.1 Å². The van der Waals surface area contributed by atoms with Gasteiger partial charge in [-0.2, -0.15) is 13.2 Å². The van der Waals surface area contributed by atoms with Gasteiger partial charge in [0.15, 0.2) is 0 Å². The fourth-order valence-corrected chi connectivity index (χ4v) is 4.06. The number of benzene rings is 2. The minimum Gasteiger partial charge on any atom is -0.325 e. The van der Waals surface area contributed by atoms with Crippen LogP contribution in [0.2, 0.25) is 0 Å². The van der Waals surface area contributed by atoms with Crippen LogP contribution in [0.4, 0.5) is 24.5 Å². The maximum absolute atomic E-state index is 13.1. The quantitative estimate of drug-likeness (QED) is 0.829. The van der Waals surface area contributed by atoms with Gasteiger partial charge in [0.25, 0.3) is 5.91 Å². The van der Waals surface area contributed by atoms with Crippen molar-refractivity contribution in [3.63, 3.8) is 0 Å². The van der Waals surface area contributed by atoms with E-state index in [1.165, 1.54) is 21.9 Å². The van der Waals surface area contributed by atoms with Crippen LogP contribution in [0.15, 0.2) is 48.5 Å². The highest BCUT2D eigenvalue weighted by molar-refractivity contribution is 6.11. The van der Waals surface area contributed by atoms with Crippen molar-refractivity contribution in [1.29, 1.82) is 0 Å². The first kappa shape index (κ1) is 19.9. The third-order valence-electron chi connectivity index (χ3n) is 5.52. The van der Waals surface area contributed by atoms with Crippen LogP contribution >= 0.6 is 0 Å². The number of para-hydroxylation sites is 1. The van der Waals surface area contributed by atoms with E-state index < -0.39 is 35.8 Å². The lowest BCUT2D eigenvalue weighted by Gasteiger charge is -2.48. The van der Waals surface area contributed by atoms with Crippen LogP contribution in [0.5, 0.6) is 0 Å². The van der Waals surface area contributed by atoms with Crippen LogP contribution in [0.25, 0.3) is 0 Å². The van der Waals surface area contributed by atoms with Crippen LogP contribution in [0, 0.1) is 0 Å². The molecule has 3 amide bonds. The van der Waals surface area contributed by atoms with Gasteiger partial charge in [0.05, 0.1) is 16.8 Å². The number of anilines is 2. The number of alkyl halides is 3. The number of halogens is 3. The van der Waals surface area contributed by atoms with Crippen molar-refractivity contribution in [2.45, 2.75) is 31.6 Å². The molecule has 1 saturated heterocycles. The zero-order valence-electron chi connectivity index (χ0n) is 16.0. The first-order valence-electron chi connectivity index (χ1n) is 9.32. The van der Waals surface area contributed by atoms with Crippen molar-refractivity contribution >= 4 is 29.1 Å².